The number of carbonyl (C=O) groups excluding carboxylic acids is 1. The molecular formula is C21H27NO3. The van der Waals surface area contributed by atoms with Crippen LogP contribution in [0.4, 0.5) is 5.69 Å². The van der Waals surface area contributed by atoms with Gasteiger partial charge in [0.1, 0.15) is 11.4 Å². The van der Waals surface area contributed by atoms with Crippen molar-refractivity contribution in [3.05, 3.63) is 36.4 Å². The SMILES string of the molecule is CCCOC(C)(C(=O)Nc1ccc(OCC)c2ccccc12)C1CC1. The molecule has 3 rings (SSSR count). The first-order valence-electron chi connectivity index (χ1n) is 9.20. The lowest BCUT2D eigenvalue weighted by Gasteiger charge is -2.29. The number of hydrogen-bond donors (Lipinski definition) is 1. The van der Waals surface area contributed by atoms with Gasteiger partial charge in [-0.1, -0.05) is 31.2 Å². The predicted octanol–water partition coefficient (Wildman–Crippen LogP) is 4.77. The fourth-order valence-electron chi connectivity index (χ4n) is 3.23. The minimum atomic E-state index is -0.754. The van der Waals surface area contributed by atoms with E-state index in [2.05, 4.69) is 12.2 Å². The van der Waals surface area contributed by atoms with E-state index in [0.717, 1.165) is 41.5 Å². The molecule has 134 valence electrons. The standard InChI is InChI=1S/C21H27NO3/c1-4-14-25-21(3,15-10-11-15)20(23)22-18-12-13-19(24-5-2)17-9-7-6-8-16(17)18/h6-9,12-13,15H,4-5,10-11,14H2,1-3H3,(H,22,23). The van der Waals surface area contributed by atoms with E-state index in [-0.39, 0.29) is 5.91 Å². The molecule has 0 spiro atoms. The van der Waals surface area contributed by atoms with Crippen LogP contribution in [0, 0.1) is 5.92 Å². The highest BCUT2D eigenvalue weighted by Gasteiger charge is 2.48. The number of rotatable bonds is 8. The molecule has 2 aromatic carbocycles. The predicted molar refractivity (Wildman–Crippen MR) is 101 cm³/mol. The summed E-state index contributed by atoms with van der Waals surface area (Å²) in [6, 6.07) is 11.8. The number of ether oxygens (including phenoxy) is 2. The molecule has 0 bridgehead atoms. The summed E-state index contributed by atoms with van der Waals surface area (Å²) in [5.41, 5.74) is 0.0476. The molecule has 1 saturated carbocycles. The van der Waals surface area contributed by atoms with E-state index in [1.807, 2.05) is 50.2 Å². The molecule has 0 heterocycles. The Morgan fingerprint density at radius 1 is 1.16 bits per heavy atom. The van der Waals surface area contributed by atoms with Crippen molar-refractivity contribution in [2.75, 3.05) is 18.5 Å². The van der Waals surface area contributed by atoms with E-state index in [4.69, 9.17) is 9.47 Å². The second-order valence-corrected chi connectivity index (χ2v) is 6.77. The van der Waals surface area contributed by atoms with Crippen molar-refractivity contribution in [2.24, 2.45) is 5.92 Å². The lowest BCUT2D eigenvalue weighted by Crippen LogP contribution is -2.45. The van der Waals surface area contributed by atoms with Crippen LogP contribution in [-0.4, -0.2) is 24.7 Å². The lowest BCUT2D eigenvalue weighted by molar-refractivity contribution is -0.142. The molecule has 0 saturated heterocycles. The number of nitrogens with one attached hydrogen (secondary N) is 1. The van der Waals surface area contributed by atoms with Gasteiger partial charge in [0.05, 0.1) is 6.61 Å². The highest BCUT2D eigenvalue weighted by molar-refractivity contribution is 6.06. The molecule has 1 atom stereocenters. The van der Waals surface area contributed by atoms with Crippen LogP contribution in [0.15, 0.2) is 36.4 Å². The zero-order valence-corrected chi connectivity index (χ0v) is 15.3. The summed E-state index contributed by atoms with van der Waals surface area (Å²) in [6.07, 6.45) is 3.01. The van der Waals surface area contributed by atoms with Gasteiger partial charge < -0.3 is 14.8 Å². The first kappa shape index (κ1) is 17.7. The van der Waals surface area contributed by atoms with Crippen LogP contribution in [0.25, 0.3) is 10.8 Å². The van der Waals surface area contributed by atoms with Gasteiger partial charge in [0.15, 0.2) is 0 Å². The summed E-state index contributed by atoms with van der Waals surface area (Å²) >= 11 is 0. The third kappa shape index (κ3) is 3.64. The largest absolute Gasteiger partial charge is 0.493 e. The van der Waals surface area contributed by atoms with Crippen molar-refractivity contribution < 1.29 is 14.3 Å². The number of hydrogen-bond acceptors (Lipinski definition) is 3. The van der Waals surface area contributed by atoms with Crippen LogP contribution in [0.3, 0.4) is 0 Å². The summed E-state index contributed by atoms with van der Waals surface area (Å²) < 4.78 is 11.7. The van der Waals surface area contributed by atoms with E-state index >= 15 is 0 Å². The Kier molecular flexibility index (Phi) is 5.28. The maximum absolute atomic E-state index is 13.0. The average molecular weight is 341 g/mol. The number of carbonyl (C=O) groups is 1. The van der Waals surface area contributed by atoms with Crippen molar-refractivity contribution in [1.82, 2.24) is 0 Å². The summed E-state index contributed by atoms with van der Waals surface area (Å²) in [4.78, 5) is 13.0. The molecule has 25 heavy (non-hydrogen) atoms. The molecule has 1 fully saturated rings. The molecule has 0 aliphatic heterocycles. The Balaban J connectivity index is 1.89. The topological polar surface area (TPSA) is 47.6 Å². The van der Waals surface area contributed by atoms with E-state index in [1.165, 1.54) is 0 Å². The highest BCUT2D eigenvalue weighted by atomic mass is 16.5. The molecule has 1 aliphatic carbocycles. The Hall–Kier alpha value is -2.07. The molecule has 4 nitrogen and oxygen atoms in total. The molecule has 1 aliphatic rings. The molecule has 4 heteroatoms. The zero-order valence-electron chi connectivity index (χ0n) is 15.3. The summed E-state index contributed by atoms with van der Waals surface area (Å²) in [5, 5.41) is 5.09. The van der Waals surface area contributed by atoms with Crippen LogP contribution < -0.4 is 10.1 Å². The van der Waals surface area contributed by atoms with Crippen molar-refractivity contribution in [3.63, 3.8) is 0 Å². The highest BCUT2D eigenvalue weighted by Crippen LogP contribution is 2.43. The average Bonchev–Trinajstić information content (AvgIpc) is 3.47. The van der Waals surface area contributed by atoms with E-state index in [9.17, 15) is 4.79 Å². The van der Waals surface area contributed by atoms with Crippen LogP contribution in [-0.2, 0) is 9.53 Å². The minimum Gasteiger partial charge on any atom is -0.493 e. The van der Waals surface area contributed by atoms with E-state index in [1.54, 1.807) is 0 Å². The molecule has 0 radical (unpaired) electrons. The third-order valence-electron chi connectivity index (χ3n) is 4.85. The molecule has 2 aromatic rings. The third-order valence-corrected chi connectivity index (χ3v) is 4.85. The van der Waals surface area contributed by atoms with Crippen LogP contribution in [0.2, 0.25) is 0 Å². The van der Waals surface area contributed by atoms with Crippen molar-refractivity contribution in [3.8, 4) is 5.75 Å². The van der Waals surface area contributed by atoms with Gasteiger partial charge in [-0.3, -0.25) is 4.79 Å². The number of benzene rings is 2. The maximum Gasteiger partial charge on any atom is 0.256 e. The Labute approximate surface area is 149 Å². The van der Waals surface area contributed by atoms with Gasteiger partial charge >= 0.3 is 0 Å². The zero-order chi connectivity index (χ0) is 17.9. The van der Waals surface area contributed by atoms with Gasteiger partial charge in [0.25, 0.3) is 5.91 Å². The van der Waals surface area contributed by atoms with E-state index < -0.39 is 5.60 Å². The number of anilines is 1. The summed E-state index contributed by atoms with van der Waals surface area (Å²) in [7, 11) is 0. The van der Waals surface area contributed by atoms with Gasteiger partial charge in [0.2, 0.25) is 0 Å². The quantitative estimate of drug-likeness (QED) is 0.752. The van der Waals surface area contributed by atoms with Crippen molar-refractivity contribution in [1.29, 1.82) is 0 Å². The van der Waals surface area contributed by atoms with E-state index in [0.29, 0.717) is 19.1 Å². The smallest absolute Gasteiger partial charge is 0.256 e. The number of fused-ring (bicyclic) bond motifs is 1. The fraction of sp³-hybridized carbons (Fsp3) is 0.476. The maximum atomic E-state index is 13.0. The fourth-order valence-corrected chi connectivity index (χ4v) is 3.23. The van der Waals surface area contributed by atoms with Crippen LogP contribution >= 0.6 is 0 Å². The molecule has 1 unspecified atom stereocenters. The Morgan fingerprint density at radius 3 is 2.52 bits per heavy atom. The van der Waals surface area contributed by atoms with Crippen LogP contribution in [0.5, 0.6) is 5.75 Å². The second kappa shape index (κ2) is 7.44. The van der Waals surface area contributed by atoms with Gasteiger partial charge in [0, 0.05) is 23.1 Å². The van der Waals surface area contributed by atoms with Crippen molar-refractivity contribution in [2.45, 2.75) is 45.6 Å². The molecule has 0 aromatic heterocycles. The molecule has 1 amide bonds. The minimum absolute atomic E-state index is 0.0576. The Morgan fingerprint density at radius 2 is 1.88 bits per heavy atom. The van der Waals surface area contributed by atoms with Gasteiger partial charge in [-0.25, -0.2) is 0 Å². The molecular weight excluding hydrogens is 314 g/mol. The van der Waals surface area contributed by atoms with Gasteiger partial charge in [-0.15, -0.1) is 0 Å². The summed E-state index contributed by atoms with van der Waals surface area (Å²) in [6.45, 7) is 7.17. The number of amides is 1. The first-order chi connectivity index (χ1) is 12.1. The molecule has 1 N–H and O–H groups in total. The van der Waals surface area contributed by atoms with Gasteiger partial charge in [-0.05, 0) is 51.2 Å². The lowest BCUT2D eigenvalue weighted by atomic mass is 9.98. The second-order valence-electron chi connectivity index (χ2n) is 6.77. The van der Waals surface area contributed by atoms with Gasteiger partial charge in [-0.2, -0.15) is 0 Å². The Bertz CT molecular complexity index is 754. The van der Waals surface area contributed by atoms with Crippen LogP contribution in [0.1, 0.15) is 40.0 Å². The summed E-state index contributed by atoms with van der Waals surface area (Å²) in [5.74, 6) is 1.09. The monoisotopic (exact) mass is 341 g/mol. The normalized spacial score (nSPS) is 16.4. The first-order valence-corrected chi connectivity index (χ1v) is 9.20. The van der Waals surface area contributed by atoms with Crippen molar-refractivity contribution >= 4 is 22.4 Å².